The molecule has 0 saturated heterocycles. The highest BCUT2D eigenvalue weighted by atomic mass is 19.4. The number of alkyl halides is 5. The highest BCUT2D eigenvalue weighted by Gasteiger charge is 2.34. The highest BCUT2D eigenvalue weighted by Crippen LogP contribution is 2.35. The Kier molecular flexibility index (Phi) is 4.70. The fraction of sp³-hybridized carbons (Fsp3) is 0.571. The van der Waals surface area contributed by atoms with E-state index in [0.29, 0.717) is 6.04 Å². The Hall–Kier alpha value is -1.37. The Bertz CT molecular complexity index is 483. The van der Waals surface area contributed by atoms with E-state index in [1.165, 1.54) is 19.2 Å². The van der Waals surface area contributed by atoms with Crippen molar-refractivity contribution < 1.29 is 22.0 Å². The van der Waals surface area contributed by atoms with Crippen LogP contribution >= 0.6 is 0 Å². The van der Waals surface area contributed by atoms with Crippen LogP contribution in [0.25, 0.3) is 0 Å². The second-order valence-corrected chi connectivity index (χ2v) is 5.27. The van der Waals surface area contributed by atoms with Crippen molar-refractivity contribution in [2.24, 2.45) is 0 Å². The second-order valence-electron chi connectivity index (χ2n) is 5.27. The lowest BCUT2D eigenvalue weighted by atomic mass is 10.1. The standard InChI is InChI=1S/C14H17F5N2/c1-21(8-13(15)16)11-5-2-9(7-20-10-3-4-10)12(6-11)14(17,18)19/h2,5-6,10,13,20H,3-4,7-8H2,1H3. The Morgan fingerprint density at radius 1 is 1.29 bits per heavy atom. The van der Waals surface area contributed by atoms with E-state index in [2.05, 4.69) is 5.32 Å². The predicted molar refractivity (Wildman–Crippen MR) is 70.6 cm³/mol. The quantitative estimate of drug-likeness (QED) is 0.807. The first-order valence-corrected chi connectivity index (χ1v) is 6.70. The Labute approximate surface area is 119 Å². The van der Waals surface area contributed by atoms with Gasteiger partial charge in [0.15, 0.2) is 0 Å². The molecule has 0 spiro atoms. The smallest absolute Gasteiger partial charge is 0.369 e. The van der Waals surface area contributed by atoms with Crippen LogP contribution < -0.4 is 10.2 Å². The van der Waals surface area contributed by atoms with Gasteiger partial charge in [-0.2, -0.15) is 13.2 Å². The van der Waals surface area contributed by atoms with Crippen molar-refractivity contribution in [1.29, 1.82) is 0 Å². The van der Waals surface area contributed by atoms with Gasteiger partial charge in [-0.3, -0.25) is 0 Å². The zero-order valence-electron chi connectivity index (χ0n) is 11.6. The summed E-state index contributed by atoms with van der Waals surface area (Å²) < 4.78 is 64.0. The lowest BCUT2D eigenvalue weighted by Crippen LogP contribution is -2.25. The Morgan fingerprint density at radius 2 is 1.95 bits per heavy atom. The summed E-state index contributed by atoms with van der Waals surface area (Å²) in [4.78, 5) is 1.12. The van der Waals surface area contributed by atoms with E-state index >= 15 is 0 Å². The maximum absolute atomic E-state index is 13.1. The molecular formula is C14H17F5N2. The van der Waals surface area contributed by atoms with Gasteiger partial charge in [0, 0.05) is 25.3 Å². The van der Waals surface area contributed by atoms with Gasteiger partial charge in [-0.1, -0.05) is 6.07 Å². The van der Waals surface area contributed by atoms with Gasteiger partial charge in [0.2, 0.25) is 0 Å². The zero-order chi connectivity index (χ0) is 15.6. The van der Waals surface area contributed by atoms with Crippen LogP contribution in [-0.4, -0.2) is 26.1 Å². The van der Waals surface area contributed by atoms with Gasteiger partial charge in [0.05, 0.1) is 12.1 Å². The first-order valence-electron chi connectivity index (χ1n) is 6.70. The molecule has 2 rings (SSSR count). The number of hydrogen-bond acceptors (Lipinski definition) is 2. The summed E-state index contributed by atoms with van der Waals surface area (Å²) >= 11 is 0. The van der Waals surface area contributed by atoms with Gasteiger partial charge in [-0.15, -0.1) is 0 Å². The van der Waals surface area contributed by atoms with Crippen molar-refractivity contribution in [2.45, 2.75) is 38.0 Å². The highest BCUT2D eigenvalue weighted by molar-refractivity contribution is 5.51. The lowest BCUT2D eigenvalue weighted by molar-refractivity contribution is -0.138. The molecule has 1 aromatic carbocycles. The average molecular weight is 308 g/mol. The van der Waals surface area contributed by atoms with Gasteiger partial charge in [-0.25, -0.2) is 8.78 Å². The van der Waals surface area contributed by atoms with E-state index in [1.807, 2.05) is 0 Å². The van der Waals surface area contributed by atoms with Crippen molar-refractivity contribution in [3.63, 3.8) is 0 Å². The average Bonchev–Trinajstić information content (AvgIpc) is 3.18. The van der Waals surface area contributed by atoms with E-state index in [1.54, 1.807) is 0 Å². The summed E-state index contributed by atoms with van der Waals surface area (Å²) in [5.74, 6) is 0. The van der Waals surface area contributed by atoms with E-state index in [9.17, 15) is 22.0 Å². The maximum atomic E-state index is 13.1. The molecule has 1 aliphatic rings. The summed E-state index contributed by atoms with van der Waals surface area (Å²) in [7, 11) is 1.35. The third-order valence-corrected chi connectivity index (χ3v) is 3.41. The van der Waals surface area contributed by atoms with Crippen LogP contribution in [0.3, 0.4) is 0 Å². The lowest BCUT2D eigenvalue weighted by Gasteiger charge is -2.22. The van der Waals surface area contributed by atoms with E-state index < -0.39 is 24.7 Å². The van der Waals surface area contributed by atoms with Gasteiger partial charge < -0.3 is 10.2 Å². The van der Waals surface area contributed by atoms with Gasteiger partial charge in [0.1, 0.15) is 0 Å². The molecule has 0 aromatic heterocycles. The van der Waals surface area contributed by atoms with Crippen LogP contribution in [0.1, 0.15) is 24.0 Å². The summed E-state index contributed by atoms with van der Waals surface area (Å²) in [6, 6.07) is 4.04. The number of benzene rings is 1. The van der Waals surface area contributed by atoms with Crippen LogP contribution in [0, 0.1) is 0 Å². The molecule has 21 heavy (non-hydrogen) atoms. The SMILES string of the molecule is CN(CC(F)F)c1ccc(CNC2CC2)c(C(F)(F)F)c1. The van der Waals surface area contributed by atoms with Crippen LogP contribution in [-0.2, 0) is 12.7 Å². The maximum Gasteiger partial charge on any atom is 0.416 e. The largest absolute Gasteiger partial charge is 0.416 e. The monoisotopic (exact) mass is 308 g/mol. The van der Waals surface area contributed by atoms with Gasteiger partial charge in [-0.05, 0) is 30.5 Å². The number of hydrogen-bond donors (Lipinski definition) is 1. The van der Waals surface area contributed by atoms with E-state index in [-0.39, 0.29) is 17.8 Å². The van der Waals surface area contributed by atoms with Crippen LogP contribution in [0.4, 0.5) is 27.6 Å². The number of nitrogens with one attached hydrogen (secondary N) is 1. The van der Waals surface area contributed by atoms with Gasteiger partial charge in [0.25, 0.3) is 6.43 Å². The number of halogens is 5. The minimum atomic E-state index is -4.50. The Balaban J connectivity index is 2.21. The normalized spacial score (nSPS) is 15.6. The molecule has 1 fully saturated rings. The molecule has 118 valence electrons. The molecule has 1 aromatic rings. The molecule has 2 nitrogen and oxygen atoms in total. The number of nitrogens with zero attached hydrogens (tertiary/aromatic N) is 1. The molecule has 0 amide bonds. The molecule has 0 heterocycles. The molecule has 0 unspecified atom stereocenters. The molecule has 1 saturated carbocycles. The molecule has 0 radical (unpaired) electrons. The first-order chi connectivity index (χ1) is 9.77. The summed E-state index contributed by atoms with van der Waals surface area (Å²) in [6.07, 6.45) is -5.13. The minimum absolute atomic E-state index is 0.137. The topological polar surface area (TPSA) is 15.3 Å². The second kappa shape index (κ2) is 6.17. The zero-order valence-corrected chi connectivity index (χ0v) is 11.6. The fourth-order valence-corrected chi connectivity index (χ4v) is 2.07. The molecule has 1 aliphatic carbocycles. The third kappa shape index (κ3) is 4.56. The molecule has 1 N–H and O–H groups in total. The summed E-state index contributed by atoms with van der Waals surface area (Å²) in [5, 5.41) is 3.03. The van der Waals surface area contributed by atoms with Crippen LogP contribution in [0.2, 0.25) is 0 Å². The van der Waals surface area contributed by atoms with Crippen molar-refractivity contribution in [2.75, 3.05) is 18.5 Å². The minimum Gasteiger partial charge on any atom is -0.369 e. The van der Waals surface area contributed by atoms with Crippen LogP contribution in [0.5, 0.6) is 0 Å². The van der Waals surface area contributed by atoms with Crippen LogP contribution in [0.15, 0.2) is 18.2 Å². The Morgan fingerprint density at radius 3 is 2.48 bits per heavy atom. The van der Waals surface area contributed by atoms with Crippen molar-refractivity contribution in [3.8, 4) is 0 Å². The summed E-state index contributed by atoms with van der Waals surface area (Å²) in [5.41, 5.74) is -0.490. The van der Waals surface area contributed by atoms with Crippen molar-refractivity contribution >= 4 is 5.69 Å². The number of rotatable bonds is 6. The number of anilines is 1. The van der Waals surface area contributed by atoms with E-state index in [0.717, 1.165) is 23.8 Å². The molecular weight excluding hydrogens is 291 g/mol. The molecule has 7 heteroatoms. The molecule has 0 atom stereocenters. The fourth-order valence-electron chi connectivity index (χ4n) is 2.07. The predicted octanol–water partition coefficient (Wildman–Crippen LogP) is 3.66. The first kappa shape index (κ1) is 16.0. The van der Waals surface area contributed by atoms with Crippen molar-refractivity contribution in [1.82, 2.24) is 5.32 Å². The third-order valence-electron chi connectivity index (χ3n) is 3.41. The molecule has 0 bridgehead atoms. The van der Waals surface area contributed by atoms with E-state index in [4.69, 9.17) is 0 Å². The summed E-state index contributed by atoms with van der Waals surface area (Å²) in [6.45, 7) is -0.463. The van der Waals surface area contributed by atoms with Gasteiger partial charge >= 0.3 is 6.18 Å². The van der Waals surface area contributed by atoms with Crippen molar-refractivity contribution in [3.05, 3.63) is 29.3 Å². The molecule has 0 aliphatic heterocycles.